The fourth-order valence-corrected chi connectivity index (χ4v) is 2.97. The van der Waals surface area contributed by atoms with Crippen molar-refractivity contribution in [3.8, 4) is 11.8 Å². The van der Waals surface area contributed by atoms with Gasteiger partial charge in [-0.1, -0.05) is 29.1 Å². The Hall–Kier alpha value is -1.26. The normalized spacial score (nSPS) is 10.7. The molecule has 0 saturated carbocycles. The summed E-state index contributed by atoms with van der Waals surface area (Å²) in [5.41, 5.74) is -0.340. The summed E-state index contributed by atoms with van der Waals surface area (Å²) in [6.45, 7) is 1.46. The number of carboxylic acid groups (broad SMARTS) is 1. The molecule has 102 valence electrons. The van der Waals surface area contributed by atoms with Crippen molar-refractivity contribution >= 4 is 39.2 Å². The Morgan fingerprint density at radius 3 is 2.53 bits per heavy atom. The molecular formula is C11H9Cl2NO4S. The number of hydrogen-bond acceptors (Lipinski definition) is 3. The van der Waals surface area contributed by atoms with Crippen LogP contribution in [0.3, 0.4) is 0 Å². The molecule has 5 nitrogen and oxygen atoms in total. The lowest BCUT2D eigenvalue weighted by molar-refractivity contribution is 0.0697. The number of aromatic carboxylic acids is 1. The Morgan fingerprint density at radius 2 is 2.00 bits per heavy atom. The van der Waals surface area contributed by atoms with Crippen LogP contribution >= 0.6 is 23.2 Å². The molecule has 0 aromatic heterocycles. The minimum absolute atomic E-state index is 0.0970. The number of benzene rings is 1. The van der Waals surface area contributed by atoms with Gasteiger partial charge >= 0.3 is 5.97 Å². The SMILES string of the molecule is CC#CCNS(=O)(=O)c1cc(C(=O)O)c(Cl)cc1Cl. The Bertz CT molecular complexity index is 674. The summed E-state index contributed by atoms with van der Waals surface area (Å²) in [7, 11) is -3.94. The lowest BCUT2D eigenvalue weighted by Crippen LogP contribution is -2.24. The molecule has 0 radical (unpaired) electrons. The van der Waals surface area contributed by atoms with Gasteiger partial charge in [0.05, 0.1) is 22.2 Å². The smallest absolute Gasteiger partial charge is 0.337 e. The second-order valence-corrected chi connectivity index (χ2v) is 5.87. The van der Waals surface area contributed by atoms with Gasteiger partial charge in [0.15, 0.2) is 0 Å². The summed E-state index contributed by atoms with van der Waals surface area (Å²) in [6.07, 6.45) is 0. The minimum Gasteiger partial charge on any atom is -0.478 e. The molecule has 0 unspecified atom stereocenters. The number of carbonyl (C=O) groups is 1. The Morgan fingerprint density at radius 1 is 1.37 bits per heavy atom. The monoisotopic (exact) mass is 321 g/mol. The molecule has 0 amide bonds. The largest absolute Gasteiger partial charge is 0.478 e. The summed E-state index contributed by atoms with van der Waals surface area (Å²) in [5.74, 6) is 3.70. The molecule has 2 N–H and O–H groups in total. The number of rotatable bonds is 4. The second-order valence-electron chi connectivity index (χ2n) is 3.32. The minimum atomic E-state index is -3.94. The van der Waals surface area contributed by atoms with Crippen LogP contribution < -0.4 is 4.72 Å². The van der Waals surface area contributed by atoms with Gasteiger partial charge in [-0.15, -0.1) is 5.92 Å². The van der Waals surface area contributed by atoms with Crippen molar-refractivity contribution in [1.29, 1.82) is 0 Å². The first-order valence-corrected chi connectivity index (χ1v) is 7.15. The molecule has 0 aliphatic heterocycles. The zero-order valence-corrected chi connectivity index (χ0v) is 12.0. The van der Waals surface area contributed by atoms with Gasteiger partial charge in [0.2, 0.25) is 10.0 Å². The van der Waals surface area contributed by atoms with Gasteiger partial charge < -0.3 is 5.11 Å². The van der Waals surface area contributed by atoms with E-state index in [1.807, 2.05) is 0 Å². The Kier molecular flexibility index (Phi) is 5.20. The van der Waals surface area contributed by atoms with Crippen LogP contribution in [0.15, 0.2) is 17.0 Å². The van der Waals surface area contributed by atoms with Crippen LogP contribution in [0.2, 0.25) is 10.0 Å². The third-order valence-electron chi connectivity index (χ3n) is 2.07. The van der Waals surface area contributed by atoms with E-state index in [1.54, 1.807) is 6.92 Å². The first-order chi connectivity index (χ1) is 8.79. The van der Waals surface area contributed by atoms with Crippen LogP contribution in [0.1, 0.15) is 17.3 Å². The van der Waals surface area contributed by atoms with E-state index in [0.717, 1.165) is 12.1 Å². The van der Waals surface area contributed by atoms with E-state index < -0.39 is 16.0 Å². The molecule has 0 fully saturated rings. The summed E-state index contributed by atoms with van der Waals surface area (Å²) in [4.78, 5) is 10.6. The van der Waals surface area contributed by atoms with Crippen molar-refractivity contribution in [3.05, 3.63) is 27.7 Å². The molecule has 1 aromatic rings. The zero-order chi connectivity index (χ0) is 14.6. The van der Waals surface area contributed by atoms with E-state index >= 15 is 0 Å². The van der Waals surface area contributed by atoms with Crippen LogP contribution in [0.25, 0.3) is 0 Å². The Labute approximate surface area is 120 Å². The maximum atomic E-state index is 11.9. The van der Waals surface area contributed by atoms with E-state index in [-0.39, 0.29) is 27.0 Å². The molecule has 0 aliphatic carbocycles. The second kappa shape index (κ2) is 6.26. The van der Waals surface area contributed by atoms with E-state index in [9.17, 15) is 13.2 Å². The summed E-state index contributed by atoms with van der Waals surface area (Å²) in [5, 5.41) is 8.60. The molecule has 0 spiro atoms. The predicted octanol–water partition coefficient (Wildman–Crippen LogP) is 1.99. The van der Waals surface area contributed by atoms with E-state index in [0.29, 0.717) is 0 Å². The van der Waals surface area contributed by atoms with Gasteiger partial charge in [0.25, 0.3) is 0 Å². The molecule has 1 rings (SSSR count). The van der Waals surface area contributed by atoms with Crippen molar-refractivity contribution in [3.63, 3.8) is 0 Å². The Balaban J connectivity index is 3.29. The van der Waals surface area contributed by atoms with Crippen molar-refractivity contribution in [2.45, 2.75) is 11.8 Å². The van der Waals surface area contributed by atoms with E-state index in [4.69, 9.17) is 28.3 Å². The van der Waals surface area contributed by atoms with E-state index in [2.05, 4.69) is 16.6 Å². The van der Waals surface area contributed by atoms with Crippen molar-refractivity contribution in [2.24, 2.45) is 0 Å². The fourth-order valence-electron chi connectivity index (χ4n) is 1.20. The number of carboxylic acids is 1. The summed E-state index contributed by atoms with van der Waals surface area (Å²) < 4.78 is 26.0. The van der Waals surface area contributed by atoms with Crippen molar-refractivity contribution in [1.82, 2.24) is 4.72 Å². The van der Waals surface area contributed by atoms with Crippen molar-refractivity contribution < 1.29 is 18.3 Å². The molecule has 0 aliphatic rings. The maximum Gasteiger partial charge on any atom is 0.337 e. The van der Waals surface area contributed by atoms with Crippen molar-refractivity contribution in [2.75, 3.05) is 6.54 Å². The molecule has 1 aromatic carbocycles. The van der Waals surface area contributed by atoms with Crippen LogP contribution in [-0.2, 0) is 10.0 Å². The fraction of sp³-hybridized carbons (Fsp3) is 0.182. The van der Waals surface area contributed by atoms with Crippen LogP contribution in [0, 0.1) is 11.8 Å². The third-order valence-corrected chi connectivity index (χ3v) is 4.25. The van der Waals surface area contributed by atoms with Gasteiger partial charge in [0.1, 0.15) is 4.90 Å². The van der Waals surface area contributed by atoms with Gasteiger partial charge in [-0.25, -0.2) is 13.2 Å². The topological polar surface area (TPSA) is 83.5 Å². The predicted molar refractivity (Wildman–Crippen MR) is 72.1 cm³/mol. The van der Waals surface area contributed by atoms with Gasteiger partial charge in [-0.3, -0.25) is 0 Å². The molecule has 0 heterocycles. The molecule has 0 bridgehead atoms. The molecule has 0 saturated heterocycles. The van der Waals surface area contributed by atoms with Crippen LogP contribution in [-0.4, -0.2) is 26.0 Å². The highest BCUT2D eigenvalue weighted by Crippen LogP contribution is 2.28. The standard InChI is InChI=1S/C11H9Cl2NO4S/c1-2-3-4-14-19(17,18)10-5-7(11(15)16)8(12)6-9(10)13/h5-6,14H,4H2,1H3,(H,15,16). The highest BCUT2D eigenvalue weighted by Gasteiger charge is 2.21. The zero-order valence-electron chi connectivity index (χ0n) is 9.70. The molecule has 19 heavy (non-hydrogen) atoms. The van der Waals surface area contributed by atoms with Gasteiger partial charge in [0, 0.05) is 0 Å². The average molecular weight is 322 g/mol. The van der Waals surface area contributed by atoms with Crippen LogP contribution in [0.4, 0.5) is 0 Å². The lowest BCUT2D eigenvalue weighted by atomic mass is 10.2. The first-order valence-electron chi connectivity index (χ1n) is 4.91. The summed E-state index contributed by atoms with van der Waals surface area (Å²) in [6, 6.07) is 1.99. The van der Waals surface area contributed by atoms with E-state index in [1.165, 1.54) is 0 Å². The number of sulfonamides is 1. The highest BCUT2D eigenvalue weighted by molar-refractivity contribution is 7.89. The van der Waals surface area contributed by atoms with Gasteiger partial charge in [-0.2, -0.15) is 4.72 Å². The first kappa shape index (κ1) is 15.8. The maximum absolute atomic E-state index is 11.9. The lowest BCUT2D eigenvalue weighted by Gasteiger charge is -2.08. The molecule has 8 heteroatoms. The summed E-state index contributed by atoms with van der Waals surface area (Å²) >= 11 is 11.4. The third kappa shape index (κ3) is 3.85. The number of hydrogen-bond donors (Lipinski definition) is 2. The quantitative estimate of drug-likeness (QED) is 0.831. The molecular weight excluding hydrogens is 313 g/mol. The average Bonchev–Trinajstić information content (AvgIpc) is 2.28. The highest BCUT2D eigenvalue weighted by atomic mass is 35.5. The van der Waals surface area contributed by atoms with Crippen LogP contribution in [0.5, 0.6) is 0 Å². The number of nitrogens with one attached hydrogen (secondary N) is 1. The molecule has 0 atom stereocenters. The van der Waals surface area contributed by atoms with Gasteiger partial charge in [-0.05, 0) is 19.1 Å². The number of halogens is 2.